The molecule has 0 aromatic heterocycles. The molecule has 3 nitrogen and oxygen atoms in total. The molecule has 1 aliphatic heterocycles. The summed E-state index contributed by atoms with van der Waals surface area (Å²) in [5.74, 6) is 0.481. The van der Waals surface area contributed by atoms with E-state index in [-0.39, 0.29) is 11.9 Å². The van der Waals surface area contributed by atoms with Gasteiger partial charge in [0.15, 0.2) is 0 Å². The summed E-state index contributed by atoms with van der Waals surface area (Å²) in [5.41, 5.74) is 11.8. The number of fused-ring (bicyclic) bond motifs is 1. The molecule has 1 aliphatic rings. The molecule has 3 heteroatoms. The Balaban J connectivity index is 2.54. The van der Waals surface area contributed by atoms with Crippen LogP contribution in [0, 0.1) is 19.8 Å². The number of nitrogens with two attached hydrogens (primary N) is 1. The summed E-state index contributed by atoms with van der Waals surface area (Å²) in [6.45, 7) is 8.38. The second-order valence-electron chi connectivity index (χ2n) is 5.24. The van der Waals surface area contributed by atoms with Crippen LogP contribution in [0.1, 0.15) is 42.1 Å². The van der Waals surface area contributed by atoms with Crippen LogP contribution in [-0.4, -0.2) is 5.91 Å². The number of hydrogen-bond acceptors (Lipinski definition) is 2. The van der Waals surface area contributed by atoms with E-state index in [9.17, 15) is 4.79 Å². The molecule has 0 aliphatic carbocycles. The highest BCUT2D eigenvalue weighted by Gasteiger charge is 2.24. The molecule has 1 heterocycles. The first-order valence-electron chi connectivity index (χ1n) is 6.10. The van der Waals surface area contributed by atoms with Gasteiger partial charge in [-0.1, -0.05) is 19.9 Å². The molecule has 1 atom stereocenters. The van der Waals surface area contributed by atoms with Crippen LogP contribution >= 0.6 is 0 Å². The van der Waals surface area contributed by atoms with Crippen LogP contribution < -0.4 is 11.1 Å². The van der Waals surface area contributed by atoms with Gasteiger partial charge < -0.3 is 11.1 Å². The van der Waals surface area contributed by atoms with Crippen molar-refractivity contribution in [1.82, 2.24) is 0 Å². The zero-order valence-electron chi connectivity index (χ0n) is 10.9. The minimum atomic E-state index is 0.0368. The van der Waals surface area contributed by atoms with Crippen molar-refractivity contribution in [3.8, 4) is 0 Å². The van der Waals surface area contributed by atoms with Gasteiger partial charge in [-0.2, -0.15) is 0 Å². The number of hydrogen-bond donors (Lipinski definition) is 2. The molecule has 0 fully saturated rings. The van der Waals surface area contributed by atoms with Crippen molar-refractivity contribution >= 4 is 11.6 Å². The average Bonchev–Trinajstić information content (AvgIpc) is 2.63. The van der Waals surface area contributed by atoms with E-state index in [1.54, 1.807) is 0 Å². The van der Waals surface area contributed by atoms with Crippen LogP contribution in [0.2, 0.25) is 0 Å². The Morgan fingerprint density at radius 3 is 2.53 bits per heavy atom. The lowest BCUT2D eigenvalue weighted by atomic mass is 9.88. The smallest absolute Gasteiger partial charge is 0.228 e. The first-order chi connectivity index (χ1) is 7.91. The van der Waals surface area contributed by atoms with Crippen molar-refractivity contribution in [3.63, 3.8) is 0 Å². The molecule has 0 spiro atoms. The van der Waals surface area contributed by atoms with Gasteiger partial charge in [0.1, 0.15) is 0 Å². The van der Waals surface area contributed by atoms with Crippen LogP contribution in [0.25, 0.3) is 0 Å². The quantitative estimate of drug-likeness (QED) is 0.823. The molecular formula is C14H20N2O. The lowest BCUT2D eigenvalue weighted by molar-refractivity contribution is -0.115. The molecule has 0 bridgehead atoms. The van der Waals surface area contributed by atoms with Gasteiger partial charge in [0.05, 0.1) is 6.42 Å². The highest BCUT2D eigenvalue weighted by Crippen LogP contribution is 2.34. The summed E-state index contributed by atoms with van der Waals surface area (Å²) in [6, 6.07) is 2.13. The SMILES string of the molecule is Cc1c(C(N)C(C)C)cc2c(c1C)NC(=O)C2. The van der Waals surface area contributed by atoms with E-state index in [1.807, 2.05) is 0 Å². The third-order valence-corrected chi connectivity index (χ3v) is 3.71. The van der Waals surface area contributed by atoms with Crippen molar-refractivity contribution < 1.29 is 4.79 Å². The molecule has 2 rings (SSSR count). The molecule has 3 N–H and O–H groups in total. The molecule has 0 saturated carbocycles. The maximum Gasteiger partial charge on any atom is 0.228 e. The molecule has 0 radical (unpaired) electrons. The predicted molar refractivity (Wildman–Crippen MR) is 70.0 cm³/mol. The molecule has 92 valence electrons. The fraction of sp³-hybridized carbons (Fsp3) is 0.500. The second-order valence-corrected chi connectivity index (χ2v) is 5.24. The Morgan fingerprint density at radius 1 is 1.29 bits per heavy atom. The Morgan fingerprint density at radius 2 is 1.94 bits per heavy atom. The number of carbonyl (C=O) groups is 1. The fourth-order valence-electron chi connectivity index (χ4n) is 2.39. The number of benzene rings is 1. The second kappa shape index (κ2) is 4.15. The van der Waals surface area contributed by atoms with E-state index in [0.29, 0.717) is 12.3 Å². The zero-order chi connectivity index (χ0) is 12.7. The topological polar surface area (TPSA) is 55.1 Å². The number of rotatable bonds is 2. The van der Waals surface area contributed by atoms with Crippen molar-refractivity contribution in [1.29, 1.82) is 0 Å². The maximum absolute atomic E-state index is 11.4. The van der Waals surface area contributed by atoms with Gasteiger partial charge in [-0.25, -0.2) is 0 Å². The Hall–Kier alpha value is -1.35. The first kappa shape index (κ1) is 12.1. The standard InChI is InChI=1S/C14H20N2O/c1-7(2)13(15)11-5-10-6-12(17)16-14(10)9(4)8(11)3/h5,7,13H,6,15H2,1-4H3,(H,16,17). The molecule has 1 amide bonds. The van der Waals surface area contributed by atoms with Gasteiger partial charge in [0, 0.05) is 11.7 Å². The third kappa shape index (κ3) is 1.95. The predicted octanol–water partition coefficient (Wildman–Crippen LogP) is 2.45. The maximum atomic E-state index is 11.4. The average molecular weight is 232 g/mol. The molecule has 1 aromatic rings. The minimum Gasteiger partial charge on any atom is -0.325 e. The lowest BCUT2D eigenvalue weighted by Gasteiger charge is -2.21. The molecule has 1 aromatic carbocycles. The fourth-order valence-corrected chi connectivity index (χ4v) is 2.39. The van der Waals surface area contributed by atoms with E-state index >= 15 is 0 Å². The molecular weight excluding hydrogens is 212 g/mol. The van der Waals surface area contributed by atoms with Crippen LogP contribution in [0.4, 0.5) is 5.69 Å². The zero-order valence-corrected chi connectivity index (χ0v) is 10.9. The van der Waals surface area contributed by atoms with E-state index in [1.165, 1.54) is 11.1 Å². The van der Waals surface area contributed by atoms with Crippen molar-refractivity contribution in [2.24, 2.45) is 11.7 Å². The normalized spacial score (nSPS) is 16.0. The molecule has 17 heavy (non-hydrogen) atoms. The number of nitrogens with one attached hydrogen (secondary N) is 1. The molecule has 1 unspecified atom stereocenters. The van der Waals surface area contributed by atoms with Crippen LogP contribution in [0.5, 0.6) is 0 Å². The summed E-state index contributed by atoms with van der Waals surface area (Å²) in [6.07, 6.45) is 0.480. The van der Waals surface area contributed by atoms with Crippen LogP contribution in [0.3, 0.4) is 0 Å². The summed E-state index contributed by atoms with van der Waals surface area (Å²) in [4.78, 5) is 11.4. The monoisotopic (exact) mass is 232 g/mol. The summed E-state index contributed by atoms with van der Waals surface area (Å²) < 4.78 is 0. The number of carbonyl (C=O) groups excluding carboxylic acids is 1. The Kier molecular flexibility index (Phi) is 2.96. The highest BCUT2D eigenvalue weighted by molar-refractivity contribution is 6.00. The van der Waals surface area contributed by atoms with Gasteiger partial charge in [-0.3, -0.25) is 4.79 Å². The van der Waals surface area contributed by atoms with Gasteiger partial charge in [0.2, 0.25) is 5.91 Å². The van der Waals surface area contributed by atoms with Crippen molar-refractivity contribution in [3.05, 3.63) is 28.3 Å². The summed E-state index contributed by atoms with van der Waals surface area (Å²) in [7, 11) is 0. The van der Waals surface area contributed by atoms with E-state index in [4.69, 9.17) is 5.73 Å². The largest absolute Gasteiger partial charge is 0.325 e. The van der Waals surface area contributed by atoms with Gasteiger partial charge >= 0.3 is 0 Å². The molecule has 0 saturated heterocycles. The van der Waals surface area contributed by atoms with E-state index in [0.717, 1.165) is 16.8 Å². The van der Waals surface area contributed by atoms with E-state index < -0.39 is 0 Å². The summed E-state index contributed by atoms with van der Waals surface area (Å²) in [5, 5.41) is 2.92. The summed E-state index contributed by atoms with van der Waals surface area (Å²) >= 11 is 0. The van der Waals surface area contributed by atoms with Gasteiger partial charge in [-0.05, 0) is 42.0 Å². The Bertz CT molecular complexity index is 478. The highest BCUT2D eigenvalue weighted by atomic mass is 16.1. The Labute approximate surface area is 102 Å². The van der Waals surface area contributed by atoms with Gasteiger partial charge in [0.25, 0.3) is 0 Å². The van der Waals surface area contributed by atoms with Crippen molar-refractivity contribution in [2.45, 2.75) is 40.2 Å². The third-order valence-electron chi connectivity index (χ3n) is 3.71. The number of amides is 1. The van der Waals surface area contributed by atoms with E-state index in [2.05, 4.69) is 39.1 Å². The first-order valence-corrected chi connectivity index (χ1v) is 6.10. The van der Waals surface area contributed by atoms with Crippen molar-refractivity contribution in [2.75, 3.05) is 5.32 Å². The van der Waals surface area contributed by atoms with Crippen LogP contribution in [-0.2, 0) is 11.2 Å². The van der Waals surface area contributed by atoms with Crippen LogP contribution in [0.15, 0.2) is 6.07 Å². The minimum absolute atomic E-state index is 0.0368. The lowest BCUT2D eigenvalue weighted by Crippen LogP contribution is -2.18. The number of anilines is 1. The van der Waals surface area contributed by atoms with Gasteiger partial charge in [-0.15, -0.1) is 0 Å².